The second kappa shape index (κ2) is 3.67. The minimum Gasteiger partial charge on any atom is -0.479 e. The maximum Gasteiger partial charge on any atom is 0.337 e. The van der Waals surface area contributed by atoms with Crippen molar-refractivity contribution in [2.75, 3.05) is 0 Å². The van der Waals surface area contributed by atoms with Crippen molar-refractivity contribution in [3.63, 3.8) is 0 Å². The summed E-state index contributed by atoms with van der Waals surface area (Å²) in [7, 11) is 0. The fourth-order valence-electron chi connectivity index (χ4n) is 1.53. The Morgan fingerprint density at radius 2 is 2.20 bits per heavy atom. The number of carboxylic acids is 1. The number of aliphatic carboxylic acids is 1. The predicted molar refractivity (Wildman–Crippen MR) is 58.6 cm³/mol. The van der Waals surface area contributed by atoms with E-state index in [9.17, 15) is 9.90 Å². The molecule has 0 fully saturated rings. The lowest BCUT2D eigenvalue weighted by Gasteiger charge is -2.07. The zero-order chi connectivity index (χ0) is 11.0. The van der Waals surface area contributed by atoms with E-state index in [0.717, 1.165) is 9.99 Å². The molecule has 0 amide bonds. The topological polar surface area (TPSA) is 73.3 Å². The average molecular weight is 270 g/mol. The Bertz CT molecular complexity index is 520. The summed E-state index contributed by atoms with van der Waals surface area (Å²) in [5.74, 6) is -1.25. The summed E-state index contributed by atoms with van der Waals surface area (Å²) in [5.41, 5.74) is 1.17. The molecule has 2 rings (SSSR count). The van der Waals surface area contributed by atoms with Gasteiger partial charge in [-0.15, -0.1) is 0 Å². The number of hydrogen-bond donors (Lipinski definition) is 3. The Hall–Kier alpha value is -1.33. The van der Waals surface area contributed by atoms with Crippen LogP contribution in [0.1, 0.15) is 11.7 Å². The van der Waals surface area contributed by atoms with Gasteiger partial charge in [0, 0.05) is 27.1 Å². The highest BCUT2D eigenvalue weighted by Gasteiger charge is 2.19. The second-order valence-electron chi connectivity index (χ2n) is 3.15. The molecule has 0 spiro atoms. The van der Waals surface area contributed by atoms with Gasteiger partial charge in [0.1, 0.15) is 0 Å². The van der Waals surface area contributed by atoms with Crippen molar-refractivity contribution in [3.8, 4) is 0 Å². The van der Waals surface area contributed by atoms with E-state index in [1.165, 1.54) is 0 Å². The van der Waals surface area contributed by atoms with Crippen LogP contribution in [0.4, 0.5) is 0 Å². The van der Waals surface area contributed by atoms with E-state index in [4.69, 9.17) is 5.11 Å². The van der Waals surface area contributed by atoms with E-state index in [2.05, 4.69) is 20.9 Å². The van der Waals surface area contributed by atoms with Gasteiger partial charge in [-0.2, -0.15) is 0 Å². The Morgan fingerprint density at radius 3 is 2.87 bits per heavy atom. The first kappa shape index (κ1) is 10.2. The standard InChI is InChI=1S/C10H8BrNO3/c11-6-4-12-7-3-1-2-5(8(6)7)9(13)10(14)15/h1-4,9,12-13H,(H,14,15). The number of halogens is 1. The minimum atomic E-state index is -1.50. The Balaban J connectivity index is 2.69. The Morgan fingerprint density at radius 1 is 1.47 bits per heavy atom. The summed E-state index contributed by atoms with van der Waals surface area (Å²) in [4.78, 5) is 13.7. The number of nitrogens with one attached hydrogen (secondary N) is 1. The van der Waals surface area contributed by atoms with Crippen LogP contribution in [0.2, 0.25) is 0 Å². The predicted octanol–water partition coefficient (Wildman–Crippen LogP) is 2.05. The van der Waals surface area contributed by atoms with Gasteiger partial charge in [0.25, 0.3) is 0 Å². The molecule has 4 nitrogen and oxygen atoms in total. The van der Waals surface area contributed by atoms with Gasteiger partial charge in [-0.1, -0.05) is 12.1 Å². The molecule has 0 aliphatic heterocycles. The van der Waals surface area contributed by atoms with Crippen LogP contribution in [0.25, 0.3) is 10.9 Å². The fourth-order valence-corrected chi connectivity index (χ4v) is 2.09. The van der Waals surface area contributed by atoms with Crippen LogP contribution < -0.4 is 0 Å². The number of carbonyl (C=O) groups is 1. The highest BCUT2D eigenvalue weighted by atomic mass is 79.9. The first-order valence-electron chi connectivity index (χ1n) is 4.27. The number of carboxylic acid groups (broad SMARTS) is 1. The Labute approximate surface area is 93.7 Å². The number of aromatic amines is 1. The molecule has 3 N–H and O–H groups in total. The maximum atomic E-state index is 10.7. The monoisotopic (exact) mass is 269 g/mol. The minimum absolute atomic E-state index is 0.383. The summed E-state index contributed by atoms with van der Waals surface area (Å²) < 4.78 is 0.744. The zero-order valence-electron chi connectivity index (χ0n) is 7.57. The van der Waals surface area contributed by atoms with Crippen LogP contribution in [0.5, 0.6) is 0 Å². The summed E-state index contributed by atoms with van der Waals surface area (Å²) in [6, 6.07) is 5.12. The first-order valence-corrected chi connectivity index (χ1v) is 5.07. The van der Waals surface area contributed by atoms with Gasteiger partial charge >= 0.3 is 5.97 Å². The molecule has 1 heterocycles. The second-order valence-corrected chi connectivity index (χ2v) is 4.00. The molecule has 5 heteroatoms. The van der Waals surface area contributed by atoms with Crippen molar-refractivity contribution in [2.45, 2.75) is 6.10 Å². The Kier molecular flexibility index (Phi) is 2.50. The molecule has 78 valence electrons. The number of H-pyrrole nitrogens is 1. The van der Waals surface area contributed by atoms with Crippen molar-refractivity contribution >= 4 is 32.8 Å². The van der Waals surface area contributed by atoms with Gasteiger partial charge < -0.3 is 15.2 Å². The lowest BCUT2D eigenvalue weighted by atomic mass is 10.1. The van der Waals surface area contributed by atoms with Crippen LogP contribution in [0, 0.1) is 0 Å². The number of benzene rings is 1. The molecule has 1 unspecified atom stereocenters. The SMILES string of the molecule is O=C(O)C(O)c1cccc2[nH]cc(Br)c12. The van der Waals surface area contributed by atoms with E-state index in [0.29, 0.717) is 10.9 Å². The molecule has 15 heavy (non-hydrogen) atoms. The fraction of sp³-hybridized carbons (Fsp3) is 0.100. The molecular formula is C10H8BrNO3. The third-order valence-electron chi connectivity index (χ3n) is 2.22. The van der Waals surface area contributed by atoms with Gasteiger partial charge in [0.05, 0.1) is 0 Å². The molecule has 0 bridgehead atoms. The number of fused-ring (bicyclic) bond motifs is 1. The first-order chi connectivity index (χ1) is 7.11. The van der Waals surface area contributed by atoms with Crippen LogP contribution in [-0.2, 0) is 4.79 Å². The van der Waals surface area contributed by atoms with Crippen LogP contribution in [0.15, 0.2) is 28.9 Å². The maximum absolute atomic E-state index is 10.7. The van der Waals surface area contributed by atoms with Crippen LogP contribution >= 0.6 is 15.9 Å². The summed E-state index contributed by atoms with van der Waals surface area (Å²) in [6.07, 6.45) is 0.212. The van der Waals surface area contributed by atoms with Gasteiger partial charge in [-0.25, -0.2) is 4.79 Å². The van der Waals surface area contributed by atoms with Gasteiger partial charge in [0.15, 0.2) is 6.10 Å². The number of rotatable bonds is 2. The highest BCUT2D eigenvalue weighted by molar-refractivity contribution is 9.10. The molecule has 0 saturated carbocycles. The molecule has 0 aliphatic carbocycles. The van der Waals surface area contributed by atoms with E-state index >= 15 is 0 Å². The molecule has 0 radical (unpaired) electrons. The average Bonchev–Trinajstić information content (AvgIpc) is 2.59. The van der Waals surface area contributed by atoms with E-state index < -0.39 is 12.1 Å². The number of hydrogen-bond acceptors (Lipinski definition) is 2. The molecule has 1 aromatic heterocycles. The summed E-state index contributed by atoms with van der Waals surface area (Å²) in [5, 5.41) is 19.0. The largest absolute Gasteiger partial charge is 0.479 e. The smallest absolute Gasteiger partial charge is 0.337 e. The van der Waals surface area contributed by atoms with Crippen molar-refractivity contribution in [1.29, 1.82) is 0 Å². The van der Waals surface area contributed by atoms with Gasteiger partial charge in [-0.3, -0.25) is 0 Å². The van der Waals surface area contributed by atoms with Crippen LogP contribution in [-0.4, -0.2) is 21.2 Å². The third kappa shape index (κ3) is 1.64. The molecular weight excluding hydrogens is 262 g/mol. The van der Waals surface area contributed by atoms with E-state index in [1.807, 2.05) is 6.07 Å². The summed E-state index contributed by atoms with van der Waals surface area (Å²) >= 11 is 3.30. The van der Waals surface area contributed by atoms with Crippen LogP contribution in [0.3, 0.4) is 0 Å². The molecule has 1 aromatic carbocycles. The normalized spacial score (nSPS) is 12.9. The molecule has 2 aromatic rings. The lowest BCUT2D eigenvalue weighted by molar-refractivity contribution is -0.146. The number of aliphatic hydroxyl groups is 1. The molecule has 0 saturated heterocycles. The van der Waals surface area contributed by atoms with E-state index in [-0.39, 0.29) is 0 Å². The third-order valence-corrected chi connectivity index (χ3v) is 2.84. The van der Waals surface area contributed by atoms with Gasteiger partial charge in [0.2, 0.25) is 0 Å². The number of aromatic nitrogens is 1. The molecule has 0 aliphatic rings. The quantitative estimate of drug-likeness (QED) is 0.781. The van der Waals surface area contributed by atoms with Crippen molar-refractivity contribution in [2.24, 2.45) is 0 Å². The van der Waals surface area contributed by atoms with E-state index in [1.54, 1.807) is 18.3 Å². The molecule has 1 atom stereocenters. The lowest BCUT2D eigenvalue weighted by Crippen LogP contribution is -2.10. The van der Waals surface area contributed by atoms with Crippen molar-refractivity contribution in [3.05, 3.63) is 34.4 Å². The van der Waals surface area contributed by atoms with Gasteiger partial charge in [-0.05, 0) is 22.0 Å². The van der Waals surface area contributed by atoms with Crippen molar-refractivity contribution in [1.82, 2.24) is 4.98 Å². The highest BCUT2D eigenvalue weighted by Crippen LogP contribution is 2.30. The summed E-state index contributed by atoms with van der Waals surface area (Å²) in [6.45, 7) is 0. The zero-order valence-corrected chi connectivity index (χ0v) is 9.15. The number of aliphatic hydroxyl groups excluding tert-OH is 1. The van der Waals surface area contributed by atoms with Crippen molar-refractivity contribution < 1.29 is 15.0 Å².